The maximum atomic E-state index is 15.0. The number of halogens is 1. The lowest BCUT2D eigenvalue weighted by atomic mass is 10.1. The fourth-order valence-electron chi connectivity index (χ4n) is 3.47. The molecule has 11 nitrogen and oxygen atoms in total. The van der Waals surface area contributed by atoms with Gasteiger partial charge in [-0.05, 0) is 6.92 Å². The number of hydrogen-bond acceptors (Lipinski definition) is 8. The van der Waals surface area contributed by atoms with Gasteiger partial charge in [-0.25, -0.2) is 19.2 Å². The van der Waals surface area contributed by atoms with Crippen LogP contribution in [0.2, 0.25) is 0 Å². The Kier molecular flexibility index (Phi) is 8.68. The Morgan fingerprint density at radius 1 is 1.12 bits per heavy atom. The van der Waals surface area contributed by atoms with Gasteiger partial charge in [-0.2, -0.15) is 0 Å². The lowest BCUT2D eigenvalue weighted by Gasteiger charge is -2.34. The molecular weight excluding hydrogens is 445 g/mol. The molecule has 182 valence electrons. The van der Waals surface area contributed by atoms with Crippen molar-refractivity contribution in [1.82, 2.24) is 14.9 Å². The van der Waals surface area contributed by atoms with Crippen LogP contribution >= 0.6 is 0 Å². The molecule has 3 rings (SSSR count). The minimum absolute atomic E-state index is 0.166. The summed E-state index contributed by atoms with van der Waals surface area (Å²) in [5.74, 6) is -0.621. The Hall–Kier alpha value is -3.80. The van der Waals surface area contributed by atoms with E-state index < -0.39 is 17.9 Å². The van der Waals surface area contributed by atoms with Gasteiger partial charge in [0.2, 0.25) is 5.95 Å². The largest absolute Gasteiger partial charge is 0.466 e. The number of guanidine groups is 1. The van der Waals surface area contributed by atoms with Crippen LogP contribution in [0.5, 0.6) is 0 Å². The van der Waals surface area contributed by atoms with Crippen molar-refractivity contribution >= 4 is 24.0 Å². The first kappa shape index (κ1) is 24.8. The topological polar surface area (TPSA) is 149 Å². The van der Waals surface area contributed by atoms with E-state index >= 15 is 0 Å². The fraction of sp³-hybridized carbons (Fsp3) is 0.409. The van der Waals surface area contributed by atoms with Crippen LogP contribution in [0.1, 0.15) is 18.9 Å². The lowest BCUT2D eigenvalue weighted by molar-refractivity contribution is -0.143. The Morgan fingerprint density at radius 3 is 2.47 bits per heavy atom. The molecule has 1 amide bonds. The van der Waals surface area contributed by atoms with E-state index in [4.69, 9.17) is 20.9 Å². The van der Waals surface area contributed by atoms with Crippen LogP contribution in [0, 0.1) is 5.82 Å². The molecule has 1 aromatic heterocycles. The van der Waals surface area contributed by atoms with E-state index in [1.807, 2.05) is 4.90 Å². The number of rotatable bonds is 8. The van der Waals surface area contributed by atoms with Gasteiger partial charge in [0, 0.05) is 61.8 Å². The summed E-state index contributed by atoms with van der Waals surface area (Å²) < 4.78 is 24.8. The smallest absolute Gasteiger partial charge is 0.437 e. The average Bonchev–Trinajstić information content (AvgIpc) is 2.82. The number of aromatic nitrogens is 2. The summed E-state index contributed by atoms with van der Waals surface area (Å²) in [6, 6.07) is 4.74. The Bertz CT molecular complexity index is 1020. The number of benzene rings is 1. The number of carbonyl (C=O) groups excluding carboxylic acids is 2. The summed E-state index contributed by atoms with van der Waals surface area (Å²) in [5.41, 5.74) is 11.2. The summed E-state index contributed by atoms with van der Waals surface area (Å²) in [6.45, 7) is 5.50. The van der Waals surface area contributed by atoms with Gasteiger partial charge in [0.1, 0.15) is 12.4 Å². The van der Waals surface area contributed by atoms with Gasteiger partial charge in [-0.3, -0.25) is 9.69 Å². The zero-order valence-electron chi connectivity index (χ0n) is 18.9. The van der Waals surface area contributed by atoms with Gasteiger partial charge in [0.05, 0.1) is 13.0 Å². The summed E-state index contributed by atoms with van der Waals surface area (Å²) in [4.78, 5) is 39.3. The third kappa shape index (κ3) is 6.85. The summed E-state index contributed by atoms with van der Waals surface area (Å²) >= 11 is 0. The van der Waals surface area contributed by atoms with Crippen LogP contribution in [-0.2, 0) is 20.9 Å². The molecule has 0 radical (unpaired) electrons. The molecule has 0 atom stereocenters. The molecule has 0 saturated carbocycles. The van der Waals surface area contributed by atoms with Crippen LogP contribution in [0.15, 0.2) is 35.6 Å². The van der Waals surface area contributed by atoms with Crippen molar-refractivity contribution in [3.05, 3.63) is 42.0 Å². The number of carbonyl (C=O) groups is 2. The number of nitrogens with two attached hydrogens (primary N) is 2. The monoisotopic (exact) mass is 473 g/mol. The predicted molar refractivity (Wildman–Crippen MR) is 123 cm³/mol. The maximum absolute atomic E-state index is 15.0. The molecule has 1 aliphatic rings. The van der Waals surface area contributed by atoms with Crippen molar-refractivity contribution in [2.45, 2.75) is 20.0 Å². The highest BCUT2D eigenvalue weighted by Crippen LogP contribution is 2.25. The second-order valence-electron chi connectivity index (χ2n) is 7.53. The van der Waals surface area contributed by atoms with E-state index in [0.717, 1.165) is 13.1 Å². The predicted octanol–water partition coefficient (Wildman–Crippen LogP) is 1.27. The normalized spacial score (nSPS) is 13.9. The van der Waals surface area contributed by atoms with E-state index in [0.29, 0.717) is 44.2 Å². The standard InChI is InChI=1S/C22H28FN7O4/c1-2-33-18(31)6-7-29-8-10-30(11-9-29)21-26-12-16(13-27-21)17-5-3-4-15(19(17)23)14-34-22(32)28-20(24)25/h3-5,12-13H,2,6-11,14H2,1H3,(H4,24,25,28,32). The third-order valence-electron chi connectivity index (χ3n) is 5.19. The molecule has 1 aliphatic heterocycles. The van der Waals surface area contributed by atoms with E-state index in [1.54, 1.807) is 31.5 Å². The molecule has 34 heavy (non-hydrogen) atoms. The average molecular weight is 474 g/mol. The molecule has 0 unspecified atom stereocenters. The highest BCUT2D eigenvalue weighted by Gasteiger charge is 2.20. The van der Waals surface area contributed by atoms with Crippen LogP contribution < -0.4 is 16.4 Å². The fourth-order valence-corrected chi connectivity index (χ4v) is 3.47. The Labute approximate surface area is 196 Å². The van der Waals surface area contributed by atoms with Crippen molar-refractivity contribution in [3.8, 4) is 11.1 Å². The molecule has 12 heteroatoms. The van der Waals surface area contributed by atoms with Crippen LogP contribution in [0.3, 0.4) is 0 Å². The van der Waals surface area contributed by atoms with Gasteiger partial charge in [0.15, 0.2) is 5.96 Å². The molecule has 4 N–H and O–H groups in total. The van der Waals surface area contributed by atoms with Crippen molar-refractivity contribution < 1.29 is 23.5 Å². The van der Waals surface area contributed by atoms with Gasteiger partial charge in [-0.1, -0.05) is 18.2 Å². The minimum Gasteiger partial charge on any atom is -0.466 e. The second kappa shape index (κ2) is 11.9. The van der Waals surface area contributed by atoms with E-state index in [9.17, 15) is 14.0 Å². The number of ether oxygens (including phenoxy) is 2. The molecule has 2 aromatic rings. The highest BCUT2D eigenvalue weighted by molar-refractivity contribution is 5.87. The molecular formula is C22H28FN7O4. The first-order chi connectivity index (χ1) is 16.4. The third-order valence-corrected chi connectivity index (χ3v) is 5.19. The Morgan fingerprint density at radius 2 is 1.82 bits per heavy atom. The van der Waals surface area contributed by atoms with Crippen molar-refractivity contribution in [2.24, 2.45) is 16.5 Å². The molecule has 1 saturated heterocycles. The molecule has 1 fully saturated rings. The number of amides is 1. The number of piperazine rings is 1. The van der Waals surface area contributed by atoms with E-state index in [-0.39, 0.29) is 23.7 Å². The van der Waals surface area contributed by atoms with Gasteiger partial charge >= 0.3 is 12.1 Å². The first-order valence-electron chi connectivity index (χ1n) is 10.9. The number of esters is 1. The molecule has 0 spiro atoms. The summed E-state index contributed by atoms with van der Waals surface area (Å²) in [6.07, 6.45) is 2.49. The zero-order valence-corrected chi connectivity index (χ0v) is 18.9. The number of hydrogen-bond donors (Lipinski definition) is 2. The van der Waals surface area contributed by atoms with Crippen LogP contribution in [0.25, 0.3) is 11.1 Å². The van der Waals surface area contributed by atoms with Crippen LogP contribution in [0.4, 0.5) is 15.1 Å². The van der Waals surface area contributed by atoms with E-state index in [1.165, 1.54) is 6.07 Å². The molecule has 1 aromatic carbocycles. The lowest BCUT2D eigenvalue weighted by Crippen LogP contribution is -2.47. The first-order valence-corrected chi connectivity index (χ1v) is 10.9. The van der Waals surface area contributed by atoms with Gasteiger partial charge in [0.25, 0.3) is 0 Å². The van der Waals surface area contributed by atoms with Crippen molar-refractivity contribution in [1.29, 1.82) is 0 Å². The molecule has 2 heterocycles. The quantitative estimate of drug-likeness (QED) is 0.326. The Balaban J connectivity index is 1.58. The number of nitrogens with zero attached hydrogens (tertiary/aromatic N) is 5. The molecule has 0 aliphatic carbocycles. The number of aliphatic imine (C=N–C) groups is 1. The maximum Gasteiger partial charge on any atom is 0.437 e. The highest BCUT2D eigenvalue weighted by atomic mass is 19.1. The zero-order chi connectivity index (χ0) is 24.5. The van der Waals surface area contributed by atoms with Gasteiger partial charge in [-0.15, -0.1) is 4.99 Å². The van der Waals surface area contributed by atoms with Crippen molar-refractivity contribution in [2.75, 3.05) is 44.2 Å². The SMILES string of the molecule is CCOC(=O)CCN1CCN(c2ncc(-c3cccc(COC(=O)N=C(N)N)c3F)cn2)CC1. The van der Waals surface area contributed by atoms with E-state index in [2.05, 4.69) is 19.9 Å². The summed E-state index contributed by atoms with van der Waals surface area (Å²) in [7, 11) is 0. The van der Waals surface area contributed by atoms with Crippen LogP contribution in [-0.4, -0.2) is 72.2 Å². The van der Waals surface area contributed by atoms with Gasteiger partial charge < -0.3 is 25.8 Å². The summed E-state index contributed by atoms with van der Waals surface area (Å²) in [5, 5.41) is 0. The minimum atomic E-state index is -1.00. The van der Waals surface area contributed by atoms with Crippen molar-refractivity contribution in [3.63, 3.8) is 0 Å². The number of anilines is 1. The second-order valence-corrected chi connectivity index (χ2v) is 7.53. The molecule has 0 bridgehead atoms.